The van der Waals surface area contributed by atoms with Crippen LogP contribution in [0.25, 0.3) is 10.8 Å². The summed E-state index contributed by atoms with van der Waals surface area (Å²) in [5.74, 6) is 0.260. The molecule has 0 aromatic heterocycles. The zero-order chi connectivity index (χ0) is 13.8. The third-order valence-corrected chi connectivity index (χ3v) is 3.62. The Bertz CT molecular complexity index is 562. The lowest BCUT2D eigenvalue weighted by Crippen LogP contribution is -2.25. The predicted octanol–water partition coefficient (Wildman–Crippen LogP) is 3.14. The van der Waals surface area contributed by atoms with E-state index in [0.29, 0.717) is 0 Å². The lowest BCUT2D eigenvalue weighted by atomic mass is 10.0. The first-order valence-electron chi connectivity index (χ1n) is 6.81. The number of hydrogen-bond donors (Lipinski definition) is 2. The average molecular weight is 259 g/mol. The fourth-order valence-electron chi connectivity index (χ4n) is 2.49. The Balaban J connectivity index is 2.33. The van der Waals surface area contributed by atoms with E-state index < -0.39 is 0 Å². The van der Waals surface area contributed by atoms with Gasteiger partial charge >= 0.3 is 0 Å². The maximum absolute atomic E-state index is 10.0. The Hall–Kier alpha value is -1.74. The highest BCUT2D eigenvalue weighted by Crippen LogP contribution is 2.32. The van der Waals surface area contributed by atoms with Crippen molar-refractivity contribution in [1.82, 2.24) is 4.90 Å². The van der Waals surface area contributed by atoms with Crippen molar-refractivity contribution in [2.24, 2.45) is 0 Å². The molecule has 0 heterocycles. The van der Waals surface area contributed by atoms with Crippen LogP contribution in [0.3, 0.4) is 0 Å². The van der Waals surface area contributed by atoms with Gasteiger partial charge in [0.05, 0.1) is 0 Å². The molecule has 19 heavy (non-hydrogen) atoms. The maximum Gasteiger partial charge on any atom is 0.127 e. The molecule has 0 aliphatic carbocycles. The molecule has 0 unspecified atom stereocenters. The minimum Gasteiger partial charge on any atom is -0.508 e. The average Bonchev–Trinajstić information content (AvgIpc) is 2.39. The standard InChI is InChI=1S/C16H21NO2/c1-3-17(4-2)9-8-12-6-5-7-13-10-14(18)11-15(19)16(12)13/h5-7,10-11,18-19H,3-4,8-9H2,1-2H3. The molecule has 2 aromatic rings. The van der Waals surface area contributed by atoms with Gasteiger partial charge in [-0.15, -0.1) is 0 Å². The third-order valence-electron chi connectivity index (χ3n) is 3.62. The molecule has 3 heteroatoms. The number of rotatable bonds is 5. The van der Waals surface area contributed by atoms with E-state index in [4.69, 9.17) is 0 Å². The monoisotopic (exact) mass is 259 g/mol. The van der Waals surface area contributed by atoms with Crippen molar-refractivity contribution in [1.29, 1.82) is 0 Å². The molecule has 0 atom stereocenters. The van der Waals surface area contributed by atoms with Gasteiger partial charge in [0.2, 0.25) is 0 Å². The molecule has 2 aromatic carbocycles. The number of phenolic OH excluding ortho intramolecular Hbond substituents is 2. The zero-order valence-corrected chi connectivity index (χ0v) is 11.6. The van der Waals surface area contributed by atoms with Crippen LogP contribution < -0.4 is 0 Å². The Kier molecular flexibility index (Phi) is 4.27. The Morgan fingerprint density at radius 2 is 1.79 bits per heavy atom. The van der Waals surface area contributed by atoms with Crippen LogP contribution in [0.2, 0.25) is 0 Å². The maximum atomic E-state index is 10.0. The lowest BCUT2D eigenvalue weighted by molar-refractivity contribution is 0.308. The largest absolute Gasteiger partial charge is 0.508 e. The summed E-state index contributed by atoms with van der Waals surface area (Å²) < 4.78 is 0. The summed E-state index contributed by atoms with van der Waals surface area (Å²) in [5.41, 5.74) is 1.13. The highest BCUT2D eigenvalue weighted by atomic mass is 16.3. The Morgan fingerprint density at radius 3 is 2.47 bits per heavy atom. The van der Waals surface area contributed by atoms with E-state index in [1.54, 1.807) is 6.07 Å². The van der Waals surface area contributed by atoms with E-state index in [-0.39, 0.29) is 11.5 Å². The van der Waals surface area contributed by atoms with Crippen LogP contribution in [0.15, 0.2) is 30.3 Å². The van der Waals surface area contributed by atoms with E-state index in [0.717, 1.165) is 42.4 Å². The Labute approximate surface area is 114 Å². The van der Waals surface area contributed by atoms with Crippen LogP contribution >= 0.6 is 0 Å². The second-order valence-corrected chi connectivity index (χ2v) is 4.76. The van der Waals surface area contributed by atoms with Crippen LogP contribution in [-0.2, 0) is 6.42 Å². The smallest absolute Gasteiger partial charge is 0.127 e. The summed E-state index contributed by atoms with van der Waals surface area (Å²) in [6.07, 6.45) is 0.900. The third kappa shape index (κ3) is 2.99. The van der Waals surface area contributed by atoms with E-state index in [1.807, 2.05) is 18.2 Å². The Morgan fingerprint density at radius 1 is 1.05 bits per heavy atom. The quantitative estimate of drug-likeness (QED) is 0.867. The highest BCUT2D eigenvalue weighted by molar-refractivity contribution is 5.92. The molecule has 102 valence electrons. The molecule has 2 rings (SSSR count). The van der Waals surface area contributed by atoms with Gasteiger partial charge in [-0.25, -0.2) is 0 Å². The number of nitrogens with zero attached hydrogens (tertiary/aromatic N) is 1. The van der Waals surface area contributed by atoms with E-state index in [2.05, 4.69) is 18.7 Å². The molecule has 0 bridgehead atoms. The molecule has 0 saturated carbocycles. The number of aromatic hydroxyl groups is 2. The minimum absolute atomic E-state index is 0.103. The first kappa shape index (κ1) is 13.7. The molecule has 0 fully saturated rings. The summed E-state index contributed by atoms with van der Waals surface area (Å²) in [5, 5.41) is 21.3. The highest BCUT2D eigenvalue weighted by Gasteiger charge is 2.08. The molecule has 3 nitrogen and oxygen atoms in total. The molecule has 0 spiro atoms. The molecule has 0 aliphatic rings. The molecular formula is C16H21NO2. The van der Waals surface area contributed by atoms with Gasteiger partial charge in [0.1, 0.15) is 11.5 Å². The van der Waals surface area contributed by atoms with Crippen molar-refractivity contribution in [3.05, 3.63) is 35.9 Å². The van der Waals surface area contributed by atoms with E-state index in [1.165, 1.54) is 6.07 Å². The first-order valence-corrected chi connectivity index (χ1v) is 6.81. The van der Waals surface area contributed by atoms with Gasteiger partial charge in [-0.3, -0.25) is 0 Å². The van der Waals surface area contributed by atoms with Crippen molar-refractivity contribution in [3.63, 3.8) is 0 Å². The summed E-state index contributed by atoms with van der Waals surface area (Å²) in [6, 6.07) is 9.02. The normalized spacial score (nSPS) is 11.3. The molecule has 0 saturated heterocycles. The van der Waals surface area contributed by atoms with Crippen molar-refractivity contribution in [2.75, 3.05) is 19.6 Å². The minimum atomic E-state index is 0.103. The van der Waals surface area contributed by atoms with Crippen LogP contribution in [0.1, 0.15) is 19.4 Å². The summed E-state index contributed by atoms with van der Waals surface area (Å²) in [4.78, 5) is 2.36. The molecule has 0 radical (unpaired) electrons. The van der Waals surface area contributed by atoms with Gasteiger partial charge in [0.15, 0.2) is 0 Å². The van der Waals surface area contributed by atoms with Crippen molar-refractivity contribution >= 4 is 10.8 Å². The molecule has 0 amide bonds. The van der Waals surface area contributed by atoms with Crippen LogP contribution in [0, 0.1) is 0 Å². The number of phenols is 2. The molecule has 2 N–H and O–H groups in total. The second kappa shape index (κ2) is 5.93. The van der Waals surface area contributed by atoms with Crippen molar-refractivity contribution < 1.29 is 10.2 Å². The summed E-state index contributed by atoms with van der Waals surface area (Å²) in [7, 11) is 0. The van der Waals surface area contributed by atoms with Crippen molar-refractivity contribution in [2.45, 2.75) is 20.3 Å². The summed E-state index contributed by atoms with van der Waals surface area (Å²) >= 11 is 0. The van der Waals surface area contributed by atoms with Gasteiger partial charge < -0.3 is 15.1 Å². The van der Waals surface area contributed by atoms with Gasteiger partial charge in [-0.1, -0.05) is 32.0 Å². The predicted molar refractivity (Wildman–Crippen MR) is 78.8 cm³/mol. The van der Waals surface area contributed by atoms with E-state index in [9.17, 15) is 10.2 Å². The lowest BCUT2D eigenvalue weighted by Gasteiger charge is -2.18. The van der Waals surface area contributed by atoms with Gasteiger partial charge in [-0.2, -0.15) is 0 Å². The van der Waals surface area contributed by atoms with Crippen LogP contribution in [0.4, 0.5) is 0 Å². The topological polar surface area (TPSA) is 43.7 Å². The fraction of sp³-hybridized carbons (Fsp3) is 0.375. The SMILES string of the molecule is CCN(CC)CCc1cccc2cc(O)cc(O)c12. The van der Waals surface area contributed by atoms with Crippen LogP contribution in [-0.4, -0.2) is 34.7 Å². The molecule has 0 aliphatic heterocycles. The number of hydrogen-bond acceptors (Lipinski definition) is 3. The van der Waals surface area contributed by atoms with Crippen molar-refractivity contribution in [3.8, 4) is 11.5 Å². The number of fused-ring (bicyclic) bond motifs is 1. The first-order chi connectivity index (χ1) is 9.15. The van der Waals surface area contributed by atoms with E-state index >= 15 is 0 Å². The van der Waals surface area contributed by atoms with Gasteiger partial charge in [0.25, 0.3) is 0 Å². The fourth-order valence-corrected chi connectivity index (χ4v) is 2.49. The zero-order valence-electron chi connectivity index (χ0n) is 11.6. The second-order valence-electron chi connectivity index (χ2n) is 4.76. The van der Waals surface area contributed by atoms with Crippen LogP contribution in [0.5, 0.6) is 11.5 Å². The molecular weight excluding hydrogens is 238 g/mol. The number of benzene rings is 2. The number of likely N-dealkylation sites (N-methyl/N-ethyl adjacent to an activating group) is 1. The van der Waals surface area contributed by atoms with Gasteiger partial charge in [-0.05, 0) is 36.5 Å². The summed E-state index contributed by atoms with van der Waals surface area (Å²) in [6.45, 7) is 7.36. The van der Waals surface area contributed by atoms with Gasteiger partial charge in [0, 0.05) is 18.0 Å².